The van der Waals surface area contributed by atoms with Gasteiger partial charge in [-0.25, -0.2) is 8.78 Å². The maximum Gasteiger partial charge on any atom is 0.281 e. The van der Waals surface area contributed by atoms with Crippen LogP contribution in [0.3, 0.4) is 0 Å². The van der Waals surface area contributed by atoms with E-state index in [9.17, 15) is 8.78 Å². The maximum absolute atomic E-state index is 12.3. The molecular weight excluding hydrogens is 312 g/mol. The third-order valence-electron chi connectivity index (χ3n) is 1.32. The minimum Gasteiger partial charge on any atom is -0.253 e. The summed E-state index contributed by atoms with van der Waals surface area (Å²) in [6, 6.07) is 1.75. The van der Waals surface area contributed by atoms with Crippen LogP contribution in [-0.2, 0) is 0 Å². The lowest BCUT2D eigenvalue weighted by molar-refractivity contribution is 0.145. The predicted octanol–water partition coefficient (Wildman–Crippen LogP) is 3.15. The first-order valence-corrected chi connectivity index (χ1v) is 4.55. The largest absolute Gasteiger partial charge is 0.281 e. The lowest BCUT2D eigenvalue weighted by Gasteiger charge is -2.04. The number of hydrogen-bond acceptors (Lipinski definition) is 2. The molecule has 0 amide bonds. The van der Waals surface area contributed by atoms with E-state index in [2.05, 4.69) is 4.98 Å². The smallest absolute Gasteiger partial charge is 0.253 e. The summed E-state index contributed by atoms with van der Waals surface area (Å²) in [6.45, 7) is 0. The first-order valence-electron chi connectivity index (χ1n) is 3.10. The molecule has 0 spiro atoms. The van der Waals surface area contributed by atoms with Crippen molar-refractivity contribution < 1.29 is 8.78 Å². The highest BCUT2D eigenvalue weighted by Crippen LogP contribution is 2.28. The van der Waals surface area contributed by atoms with E-state index in [0.717, 1.165) is 6.20 Å². The quantitative estimate of drug-likeness (QED) is 0.747. The van der Waals surface area contributed by atoms with Crippen LogP contribution in [0.5, 0.6) is 0 Å². The summed E-state index contributed by atoms with van der Waals surface area (Å²) in [7, 11) is 0. The average Bonchev–Trinajstić information content (AvgIpc) is 2.04. The fourth-order valence-electron chi connectivity index (χ4n) is 0.735. The third-order valence-corrected chi connectivity index (χ3v) is 2.70. The fraction of sp³-hybridized carbons (Fsp3) is 0.143. The summed E-state index contributed by atoms with van der Waals surface area (Å²) in [5, 5.41) is 8.69. The van der Waals surface area contributed by atoms with Gasteiger partial charge in [-0.1, -0.05) is 11.6 Å². The van der Waals surface area contributed by atoms with Crippen molar-refractivity contribution in [3.63, 3.8) is 0 Å². The van der Waals surface area contributed by atoms with Gasteiger partial charge in [-0.3, -0.25) is 4.98 Å². The van der Waals surface area contributed by atoms with E-state index in [0.29, 0.717) is 0 Å². The van der Waals surface area contributed by atoms with Crippen LogP contribution < -0.4 is 0 Å². The second kappa shape index (κ2) is 4.15. The Morgan fingerprint density at radius 1 is 1.62 bits per heavy atom. The van der Waals surface area contributed by atoms with E-state index < -0.39 is 12.1 Å². The highest BCUT2D eigenvalue weighted by molar-refractivity contribution is 14.1. The van der Waals surface area contributed by atoms with Crippen molar-refractivity contribution in [1.29, 1.82) is 5.26 Å². The monoisotopic (exact) mass is 314 g/mol. The Kier molecular flexibility index (Phi) is 3.39. The van der Waals surface area contributed by atoms with E-state index >= 15 is 0 Å². The topological polar surface area (TPSA) is 36.7 Å². The first-order chi connectivity index (χ1) is 6.07. The molecule has 68 valence electrons. The summed E-state index contributed by atoms with van der Waals surface area (Å²) < 4.78 is 24.6. The Hall–Kier alpha value is -0.480. The van der Waals surface area contributed by atoms with Crippen molar-refractivity contribution in [1.82, 2.24) is 4.98 Å². The first kappa shape index (κ1) is 10.6. The molecule has 2 nitrogen and oxygen atoms in total. The van der Waals surface area contributed by atoms with E-state index in [1.54, 1.807) is 28.7 Å². The van der Waals surface area contributed by atoms with Crippen LogP contribution in [0.1, 0.15) is 17.7 Å². The number of pyridine rings is 1. The zero-order valence-corrected chi connectivity index (χ0v) is 8.97. The van der Waals surface area contributed by atoms with Gasteiger partial charge in [0.2, 0.25) is 0 Å². The normalized spacial score (nSPS) is 10.2. The van der Waals surface area contributed by atoms with Crippen LogP contribution in [0.25, 0.3) is 0 Å². The zero-order valence-electron chi connectivity index (χ0n) is 6.06. The summed E-state index contributed by atoms with van der Waals surface area (Å²) in [4.78, 5) is 3.45. The van der Waals surface area contributed by atoms with E-state index in [1.165, 1.54) is 0 Å². The zero-order chi connectivity index (χ0) is 10.0. The van der Waals surface area contributed by atoms with Crippen molar-refractivity contribution in [2.45, 2.75) is 6.43 Å². The van der Waals surface area contributed by atoms with Crippen molar-refractivity contribution in [3.05, 3.63) is 26.0 Å². The minimum absolute atomic E-state index is 0.0487. The van der Waals surface area contributed by atoms with Gasteiger partial charge < -0.3 is 0 Å². The molecule has 0 fully saturated rings. The summed E-state index contributed by atoms with van der Waals surface area (Å²) >= 11 is 7.20. The van der Waals surface area contributed by atoms with Gasteiger partial charge in [-0.2, -0.15) is 5.26 Å². The summed E-state index contributed by atoms with van der Waals surface area (Å²) in [5.41, 5.74) is -0.353. The number of halogens is 4. The Labute approximate surface area is 91.7 Å². The van der Waals surface area contributed by atoms with Crippen molar-refractivity contribution in [2.75, 3.05) is 0 Å². The predicted molar refractivity (Wildman–Crippen MR) is 51.6 cm³/mol. The molecule has 0 aliphatic rings. The van der Waals surface area contributed by atoms with Crippen molar-refractivity contribution in [3.8, 4) is 6.07 Å². The lowest BCUT2D eigenvalue weighted by atomic mass is 10.2. The van der Waals surface area contributed by atoms with Gasteiger partial charge in [0.25, 0.3) is 6.43 Å². The van der Waals surface area contributed by atoms with E-state index in [4.69, 9.17) is 16.9 Å². The summed E-state index contributed by atoms with van der Waals surface area (Å²) in [5.74, 6) is 0. The van der Waals surface area contributed by atoms with Gasteiger partial charge in [0.15, 0.2) is 0 Å². The van der Waals surface area contributed by atoms with Crippen LogP contribution in [0.2, 0.25) is 5.02 Å². The Morgan fingerprint density at radius 3 is 2.69 bits per heavy atom. The second-order valence-corrected chi connectivity index (χ2v) is 3.58. The molecule has 1 aromatic heterocycles. The number of aromatic nitrogens is 1. The Balaban J connectivity index is 3.38. The number of nitriles is 1. The van der Waals surface area contributed by atoms with Crippen molar-refractivity contribution >= 4 is 34.2 Å². The van der Waals surface area contributed by atoms with Crippen molar-refractivity contribution in [2.24, 2.45) is 0 Å². The number of hydrogen-bond donors (Lipinski definition) is 0. The fourth-order valence-corrected chi connectivity index (χ4v) is 1.87. The molecule has 1 rings (SSSR count). The highest BCUT2D eigenvalue weighted by Gasteiger charge is 2.18. The molecule has 1 aromatic rings. The van der Waals surface area contributed by atoms with E-state index in [-0.39, 0.29) is 14.2 Å². The molecular formula is C7H2ClF2IN2. The molecule has 0 bridgehead atoms. The molecule has 1 heterocycles. The van der Waals surface area contributed by atoms with Gasteiger partial charge in [-0.15, -0.1) is 0 Å². The number of rotatable bonds is 1. The van der Waals surface area contributed by atoms with Crippen LogP contribution in [0.4, 0.5) is 8.78 Å². The molecule has 0 radical (unpaired) electrons. The highest BCUT2D eigenvalue weighted by atomic mass is 127. The average molecular weight is 314 g/mol. The Bertz CT molecular complexity index is 375. The van der Waals surface area contributed by atoms with E-state index in [1.807, 2.05) is 0 Å². The third kappa shape index (κ3) is 2.06. The lowest BCUT2D eigenvalue weighted by Crippen LogP contribution is -1.97. The molecule has 0 N–H and O–H groups in total. The molecule has 0 aliphatic heterocycles. The Morgan fingerprint density at radius 2 is 2.23 bits per heavy atom. The van der Waals surface area contributed by atoms with Crippen LogP contribution in [0, 0.1) is 14.9 Å². The van der Waals surface area contributed by atoms with Gasteiger partial charge in [0.1, 0.15) is 11.8 Å². The van der Waals surface area contributed by atoms with Gasteiger partial charge in [0, 0.05) is 6.20 Å². The maximum atomic E-state index is 12.3. The van der Waals surface area contributed by atoms with Gasteiger partial charge in [0.05, 0.1) is 14.2 Å². The summed E-state index contributed by atoms with van der Waals surface area (Å²) in [6.07, 6.45) is -1.62. The van der Waals surface area contributed by atoms with Gasteiger partial charge in [-0.05, 0) is 22.6 Å². The number of nitrogens with zero attached hydrogens (tertiary/aromatic N) is 2. The molecule has 0 saturated carbocycles. The van der Waals surface area contributed by atoms with Crippen LogP contribution in [0.15, 0.2) is 6.20 Å². The molecule has 0 unspecified atom stereocenters. The molecule has 0 aliphatic carbocycles. The molecule has 0 aromatic carbocycles. The molecule has 0 saturated heterocycles. The molecule has 0 atom stereocenters. The SMILES string of the molecule is N#Cc1c(Cl)cnc(C(F)F)c1I. The molecule has 13 heavy (non-hydrogen) atoms. The van der Waals surface area contributed by atoms with Crippen LogP contribution in [-0.4, -0.2) is 4.98 Å². The standard InChI is InChI=1S/C7H2ClF2IN2/c8-4-2-13-6(7(9)10)5(11)3(4)1-12/h2,7H. The second-order valence-electron chi connectivity index (χ2n) is 2.09. The van der Waals surface area contributed by atoms with Gasteiger partial charge >= 0.3 is 0 Å². The minimum atomic E-state index is -2.68. The number of alkyl halides is 2. The molecule has 6 heteroatoms. The van der Waals surface area contributed by atoms with Crippen LogP contribution >= 0.6 is 34.2 Å².